The van der Waals surface area contributed by atoms with Crippen molar-refractivity contribution in [1.29, 1.82) is 5.26 Å². The Labute approximate surface area is 178 Å². The van der Waals surface area contributed by atoms with Crippen LogP contribution in [0.1, 0.15) is 45.8 Å². The number of carbonyl (C=O) groups excluding carboxylic acids is 1. The van der Waals surface area contributed by atoms with Crippen LogP contribution >= 0.6 is 23.4 Å². The molecule has 1 aliphatic carbocycles. The first-order chi connectivity index (χ1) is 14.1. The lowest BCUT2D eigenvalue weighted by atomic mass is 9.89. The molecule has 4 rings (SSSR count). The van der Waals surface area contributed by atoms with Gasteiger partial charge in [-0.2, -0.15) is 5.26 Å². The van der Waals surface area contributed by atoms with E-state index in [9.17, 15) is 10.1 Å². The van der Waals surface area contributed by atoms with Crippen molar-refractivity contribution in [2.24, 2.45) is 0 Å². The lowest BCUT2D eigenvalue weighted by Gasteiger charge is -2.20. The van der Waals surface area contributed by atoms with Crippen LogP contribution in [0.5, 0.6) is 0 Å². The van der Waals surface area contributed by atoms with Crippen molar-refractivity contribution in [3.63, 3.8) is 0 Å². The monoisotopic (exact) mass is 422 g/mol. The predicted octanol–water partition coefficient (Wildman–Crippen LogP) is 6.03. The summed E-state index contributed by atoms with van der Waals surface area (Å²) in [6.07, 6.45) is 3.93. The van der Waals surface area contributed by atoms with Crippen LogP contribution in [0.15, 0.2) is 45.8 Å². The fraction of sp³-hybridized carbons (Fsp3) is 0.261. The van der Waals surface area contributed by atoms with Gasteiger partial charge in [0, 0.05) is 21.8 Å². The number of pyridine rings is 1. The zero-order valence-electron chi connectivity index (χ0n) is 16.0. The van der Waals surface area contributed by atoms with Crippen LogP contribution in [0.25, 0.3) is 11.3 Å². The van der Waals surface area contributed by atoms with Gasteiger partial charge in [-0.15, -0.1) is 0 Å². The van der Waals surface area contributed by atoms with Gasteiger partial charge < -0.3 is 4.42 Å². The van der Waals surface area contributed by atoms with Gasteiger partial charge in [-0.3, -0.25) is 4.79 Å². The van der Waals surface area contributed by atoms with Gasteiger partial charge in [0.25, 0.3) is 0 Å². The maximum absolute atomic E-state index is 12.6. The molecule has 4 nitrogen and oxygen atoms in total. The molecule has 6 heteroatoms. The van der Waals surface area contributed by atoms with Crippen LogP contribution < -0.4 is 0 Å². The number of rotatable bonds is 5. The normalized spacial score (nSPS) is 13.0. The molecule has 0 saturated heterocycles. The molecule has 1 aromatic carbocycles. The number of thioether (sulfide) groups is 1. The van der Waals surface area contributed by atoms with Crippen LogP contribution in [-0.4, -0.2) is 16.5 Å². The fourth-order valence-corrected chi connectivity index (χ4v) is 4.65. The summed E-state index contributed by atoms with van der Waals surface area (Å²) in [7, 11) is 0. The molecule has 2 heterocycles. The third-order valence-electron chi connectivity index (χ3n) is 5.05. The molecule has 0 spiro atoms. The van der Waals surface area contributed by atoms with Gasteiger partial charge in [0.15, 0.2) is 5.78 Å². The molecule has 3 aromatic rings. The number of aryl methyl sites for hydroxylation is 2. The molecule has 2 aromatic heterocycles. The molecule has 0 saturated carbocycles. The fourth-order valence-electron chi connectivity index (χ4n) is 3.62. The first-order valence-electron chi connectivity index (χ1n) is 9.51. The largest absolute Gasteiger partial charge is 0.461 e. The Hall–Kier alpha value is -2.55. The minimum Gasteiger partial charge on any atom is -0.461 e. The molecular weight excluding hydrogens is 404 g/mol. The minimum absolute atomic E-state index is 0.0227. The predicted molar refractivity (Wildman–Crippen MR) is 115 cm³/mol. The standard InChI is InChI=1S/C23H19ClN2O2S/c1-14-6-11-21(28-14)22-17-4-2-3-5-19(17)26-23(18(22)12-25)29-13-20(27)15-7-9-16(24)10-8-15/h6-11H,2-5,13H2,1H3. The van der Waals surface area contributed by atoms with E-state index in [0.717, 1.165) is 48.3 Å². The van der Waals surface area contributed by atoms with Gasteiger partial charge in [-0.1, -0.05) is 23.4 Å². The van der Waals surface area contributed by atoms with Crippen LogP contribution in [0.2, 0.25) is 5.02 Å². The summed E-state index contributed by atoms with van der Waals surface area (Å²) in [6.45, 7) is 1.89. The van der Waals surface area contributed by atoms with E-state index in [1.54, 1.807) is 24.3 Å². The first-order valence-corrected chi connectivity index (χ1v) is 10.9. The number of ketones is 1. The number of aromatic nitrogens is 1. The lowest BCUT2D eigenvalue weighted by molar-refractivity contribution is 0.102. The topological polar surface area (TPSA) is 66.9 Å². The van der Waals surface area contributed by atoms with Crippen LogP contribution in [0, 0.1) is 18.3 Å². The van der Waals surface area contributed by atoms with E-state index in [4.69, 9.17) is 21.0 Å². The maximum Gasteiger partial charge on any atom is 0.173 e. The summed E-state index contributed by atoms with van der Waals surface area (Å²) in [5.41, 5.74) is 4.05. The number of hydrogen-bond donors (Lipinski definition) is 0. The van der Waals surface area contributed by atoms with Crippen LogP contribution in [0.3, 0.4) is 0 Å². The highest BCUT2D eigenvalue weighted by Crippen LogP contribution is 2.38. The molecule has 0 N–H and O–H groups in total. The van der Waals surface area contributed by atoms with E-state index in [1.807, 2.05) is 19.1 Å². The molecular formula is C23H19ClN2O2S. The number of nitrogens with zero attached hydrogens (tertiary/aromatic N) is 2. The summed E-state index contributed by atoms with van der Waals surface area (Å²) in [6, 6.07) is 13.0. The maximum atomic E-state index is 12.6. The smallest absolute Gasteiger partial charge is 0.173 e. The van der Waals surface area contributed by atoms with Crippen molar-refractivity contribution in [1.82, 2.24) is 4.98 Å². The Balaban J connectivity index is 1.71. The highest BCUT2D eigenvalue weighted by molar-refractivity contribution is 8.00. The van der Waals surface area contributed by atoms with E-state index in [1.165, 1.54) is 11.8 Å². The van der Waals surface area contributed by atoms with Gasteiger partial charge in [0.1, 0.15) is 22.6 Å². The Kier molecular flexibility index (Phi) is 5.75. The summed E-state index contributed by atoms with van der Waals surface area (Å²) in [5, 5.41) is 11.1. The highest BCUT2D eigenvalue weighted by Gasteiger charge is 2.25. The average molecular weight is 423 g/mol. The van der Waals surface area contributed by atoms with Crippen LogP contribution in [0.4, 0.5) is 0 Å². The summed E-state index contributed by atoms with van der Waals surface area (Å²) >= 11 is 7.21. The molecule has 146 valence electrons. The molecule has 0 amide bonds. The zero-order chi connectivity index (χ0) is 20.4. The molecule has 0 fully saturated rings. The Morgan fingerprint density at radius 2 is 1.97 bits per heavy atom. The van der Waals surface area contributed by atoms with Crippen molar-refractivity contribution in [3.8, 4) is 17.4 Å². The van der Waals surface area contributed by atoms with Gasteiger partial charge in [0.2, 0.25) is 0 Å². The minimum atomic E-state index is -0.0227. The number of benzene rings is 1. The van der Waals surface area contributed by atoms with Gasteiger partial charge in [-0.05, 0) is 74.6 Å². The third-order valence-corrected chi connectivity index (χ3v) is 6.27. The molecule has 0 bridgehead atoms. The van der Waals surface area contributed by atoms with Crippen LogP contribution in [-0.2, 0) is 12.8 Å². The average Bonchev–Trinajstić information content (AvgIpc) is 3.17. The molecule has 0 aliphatic heterocycles. The Bertz CT molecular complexity index is 1110. The number of carbonyl (C=O) groups is 1. The Morgan fingerprint density at radius 1 is 1.21 bits per heavy atom. The molecule has 0 unspecified atom stereocenters. The van der Waals surface area contributed by atoms with Gasteiger partial charge in [0.05, 0.1) is 11.3 Å². The lowest BCUT2D eigenvalue weighted by Crippen LogP contribution is -2.11. The van der Waals surface area contributed by atoms with Crippen molar-refractivity contribution >= 4 is 29.1 Å². The van der Waals surface area contributed by atoms with Gasteiger partial charge in [-0.25, -0.2) is 4.98 Å². The molecule has 0 radical (unpaired) electrons. The number of hydrogen-bond acceptors (Lipinski definition) is 5. The van der Waals surface area contributed by atoms with Crippen molar-refractivity contribution in [2.75, 3.05) is 5.75 Å². The van der Waals surface area contributed by atoms with Gasteiger partial charge >= 0.3 is 0 Å². The number of furan rings is 1. The van der Waals surface area contributed by atoms with E-state index < -0.39 is 0 Å². The number of nitriles is 1. The highest BCUT2D eigenvalue weighted by atomic mass is 35.5. The Morgan fingerprint density at radius 3 is 2.66 bits per heavy atom. The summed E-state index contributed by atoms with van der Waals surface area (Å²) in [5.74, 6) is 1.69. The molecule has 1 aliphatic rings. The van der Waals surface area contributed by atoms with Crippen molar-refractivity contribution < 1.29 is 9.21 Å². The van der Waals surface area contributed by atoms with E-state index in [0.29, 0.717) is 26.9 Å². The number of halogens is 1. The number of Topliss-reactive ketones (excluding diaryl/α,β-unsaturated/α-hetero) is 1. The summed E-state index contributed by atoms with van der Waals surface area (Å²) in [4.78, 5) is 17.4. The summed E-state index contributed by atoms with van der Waals surface area (Å²) < 4.78 is 5.87. The second-order valence-corrected chi connectivity index (χ2v) is 8.44. The quantitative estimate of drug-likeness (QED) is 0.371. The van der Waals surface area contributed by atoms with E-state index >= 15 is 0 Å². The molecule has 0 atom stereocenters. The zero-order valence-corrected chi connectivity index (χ0v) is 17.6. The van der Waals surface area contributed by atoms with E-state index in [2.05, 4.69) is 6.07 Å². The second-order valence-electron chi connectivity index (χ2n) is 7.04. The van der Waals surface area contributed by atoms with Crippen molar-refractivity contribution in [3.05, 3.63) is 69.6 Å². The SMILES string of the molecule is Cc1ccc(-c2c(C#N)c(SCC(=O)c3ccc(Cl)cc3)nc3c2CCCC3)o1. The molecule has 29 heavy (non-hydrogen) atoms. The van der Waals surface area contributed by atoms with Crippen molar-refractivity contribution in [2.45, 2.75) is 37.6 Å². The first kappa shape index (κ1) is 19.8. The second kappa shape index (κ2) is 8.44. The number of fused-ring (bicyclic) bond motifs is 1. The van der Waals surface area contributed by atoms with E-state index in [-0.39, 0.29) is 11.5 Å². The third kappa shape index (κ3) is 4.10.